The molecule has 1 amide bonds. The van der Waals surface area contributed by atoms with Crippen LogP contribution in [0.2, 0.25) is 0 Å². The van der Waals surface area contributed by atoms with Crippen LogP contribution in [0.25, 0.3) is 6.08 Å². The van der Waals surface area contributed by atoms with Gasteiger partial charge in [-0.1, -0.05) is 24.3 Å². The lowest BCUT2D eigenvalue weighted by Gasteiger charge is -2.07. The molecule has 2 aromatic rings. The minimum absolute atomic E-state index is 0.0203. The molecule has 0 saturated heterocycles. The van der Waals surface area contributed by atoms with E-state index < -0.39 is 25.1 Å². The highest BCUT2D eigenvalue weighted by molar-refractivity contribution is 14.1. The van der Waals surface area contributed by atoms with Crippen molar-refractivity contribution in [2.24, 2.45) is 0 Å². The Hall–Kier alpha value is -2.49. The summed E-state index contributed by atoms with van der Waals surface area (Å²) in [4.78, 5) is 23.4. The smallest absolute Gasteiger partial charge is 0.387 e. The number of amides is 1. The number of para-hydroxylation sites is 1. The second-order valence-electron chi connectivity index (χ2n) is 4.92. The summed E-state index contributed by atoms with van der Waals surface area (Å²) in [5.41, 5.74) is 1.22. The van der Waals surface area contributed by atoms with E-state index in [0.29, 0.717) is 11.3 Å². The topological polar surface area (TPSA) is 64.6 Å². The molecular formula is C18H14F2INO4. The average Bonchev–Trinajstić information content (AvgIpc) is 2.61. The summed E-state index contributed by atoms with van der Waals surface area (Å²) in [7, 11) is 0. The van der Waals surface area contributed by atoms with Crippen LogP contribution < -0.4 is 10.1 Å². The van der Waals surface area contributed by atoms with Crippen molar-refractivity contribution in [2.45, 2.75) is 6.61 Å². The van der Waals surface area contributed by atoms with Crippen molar-refractivity contribution < 1.29 is 27.8 Å². The second kappa shape index (κ2) is 9.85. The number of rotatable bonds is 7. The first kappa shape index (κ1) is 19.8. The molecule has 2 rings (SSSR count). The molecule has 0 spiro atoms. The zero-order valence-corrected chi connectivity index (χ0v) is 15.5. The molecule has 0 radical (unpaired) electrons. The summed E-state index contributed by atoms with van der Waals surface area (Å²) >= 11 is 2.08. The van der Waals surface area contributed by atoms with E-state index in [1.165, 1.54) is 30.3 Å². The largest absolute Gasteiger partial charge is 0.452 e. The van der Waals surface area contributed by atoms with Gasteiger partial charge in [-0.05, 0) is 58.5 Å². The monoisotopic (exact) mass is 473 g/mol. The zero-order valence-electron chi connectivity index (χ0n) is 13.3. The number of anilines is 1. The van der Waals surface area contributed by atoms with Gasteiger partial charge in [-0.25, -0.2) is 4.79 Å². The number of hydrogen-bond acceptors (Lipinski definition) is 4. The highest BCUT2D eigenvalue weighted by Crippen LogP contribution is 2.17. The van der Waals surface area contributed by atoms with Crippen molar-refractivity contribution in [1.82, 2.24) is 0 Å². The third kappa shape index (κ3) is 6.79. The molecular weight excluding hydrogens is 459 g/mol. The maximum Gasteiger partial charge on any atom is 0.387 e. The molecule has 0 atom stereocenters. The van der Waals surface area contributed by atoms with E-state index in [4.69, 9.17) is 4.74 Å². The Bertz CT molecular complexity index is 794. The molecule has 0 aliphatic rings. The maximum absolute atomic E-state index is 12.1. The lowest BCUT2D eigenvalue weighted by molar-refractivity contribution is -0.142. The average molecular weight is 473 g/mol. The van der Waals surface area contributed by atoms with E-state index in [0.717, 1.165) is 9.65 Å². The van der Waals surface area contributed by atoms with Crippen LogP contribution in [0.15, 0.2) is 54.6 Å². The Morgan fingerprint density at radius 2 is 1.81 bits per heavy atom. The van der Waals surface area contributed by atoms with Crippen molar-refractivity contribution in [1.29, 1.82) is 0 Å². The standard InChI is InChI=1S/C18H14F2INO4/c19-18(20)26-13-8-5-12(6-9-13)7-10-17(24)25-11-16(23)22-15-4-2-1-3-14(15)21/h1-10,18H,11H2,(H,22,23)/b10-7+. The van der Waals surface area contributed by atoms with Gasteiger partial charge in [0.15, 0.2) is 6.61 Å². The quantitative estimate of drug-likeness (QED) is 0.374. The molecule has 0 aromatic heterocycles. The van der Waals surface area contributed by atoms with E-state index >= 15 is 0 Å². The Labute approximate surface area is 162 Å². The summed E-state index contributed by atoms with van der Waals surface area (Å²) < 4.78 is 34.0. The fourth-order valence-electron chi connectivity index (χ4n) is 1.86. The van der Waals surface area contributed by atoms with Crippen molar-refractivity contribution >= 4 is 46.2 Å². The number of hydrogen-bond donors (Lipinski definition) is 1. The van der Waals surface area contributed by atoms with Crippen molar-refractivity contribution in [3.05, 3.63) is 63.7 Å². The van der Waals surface area contributed by atoms with Gasteiger partial charge in [0.2, 0.25) is 0 Å². The zero-order chi connectivity index (χ0) is 18.9. The molecule has 8 heteroatoms. The van der Waals surface area contributed by atoms with Gasteiger partial charge in [0.05, 0.1) is 5.69 Å². The lowest BCUT2D eigenvalue weighted by atomic mass is 10.2. The SMILES string of the molecule is O=C(COC(=O)/C=C/c1ccc(OC(F)F)cc1)Nc1ccccc1I. The number of carbonyl (C=O) groups is 2. The summed E-state index contributed by atoms with van der Waals surface area (Å²) in [5, 5.41) is 2.64. The maximum atomic E-state index is 12.1. The van der Waals surface area contributed by atoms with Crippen LogP contribution in [0.1, 0.15) is 5.56 Å². The molecule has 0 saturated carbocycles. The summed E-state index contributed by atoms with van der Waals surface area (Å²) in [5.74, 6) is -1.13. The molecule has 1 N–H and O–H groups in total. The molecule has 0 aliphatic carbocycles. The summed E-state index contributed by atoms with van der Waals surface area (Å²) in [6.07, 6.45) is 2.58. The first-order valence-corrected chi connectivity index (χ1v) is 8.46. The van der Waals surface area contributed by atoms with Crippen LogP contribution in [0.4, 0.5) is 14.5 Å². The molecule has 0 unspecified atom stereocenters. The molecule has 26 heavy (non-hydrogen) atoms. The molecule has 0 bridgehead atoms. The van der Waals surface area contributed by atoms with E-state index in [-0.39, 0.29) is 5.75 Å². The Morgan fingerprint density at radius 3 is 2.46 bits per heavy atom. The molecule has 2 aromatic carbocycles. The van der Waals surface area contributed by atoms with Gasteiger partial charge in [-0.3, -0.25) is 4.79 Å². The fraction of sp³-hybridized carbons (Fsp3) is 0.111. The highest BCUT2D eigenvalue weighted by atomic mass is 127. The predicted octanol–water partition coefficient (Wildman–Crippen LogP) is 4.09. The second-order valence-corrected chi connectivity index (χ2v) is 6.08. The first-order chi connectivity index (χ1) is 12.4. The van der Waals surface area contributed by atoms with Gasteiger partial charge in [0.1, 0.15) is 5.75 Å². The van der Waals surface area contributed by atoms with E-state index in [1.54, 1.807) is 12.1 Å². The number of benzene rings is 2. The van der Waals surface area contributed by atoms with E-state index in [9.17, 15) is 18.4 Å². The normalized spacial score (nSPS) is 10.8. The number of ether oxygens (including phenoxy) is 2. The van der Waals surface area contributed by atoms with Crippen molar-refractivity contribution in [3.8, 4) is 5.75 Å². The number of alkyl halides is 2. The first-order valence-electron chi connectivity index (χ1n) is 7.38. The Kier molecular flexibility index (Phi) is 7.52. The van der Waals surface area contributed by atoms with Crippen LogP contribution in [0.5, 0.6) is 5.75 Å². The highest BCUT2D eigenvalue weighted by Gasteiger charge is 2.07. The van der Waals surface area contributed by atoms with Gasteiger partial charge in [0.25, 0.3) is 5.91 Å². The van der Waals surface area contributed by atoms with Crippen LogP contribution >= 0.6 is 22.6 Å². The minimum Gasteiger partial charge on any atom is -0.452 e. The van der Waals surface area contributed by atoms with Gasteiger partial charge < -0.3 is 14.8 Å². The number of nitrogens with one attached hydrogen (secondary N) is 1. The molecule has 0 aliphatic heterocycles. The van der Waals surface area contributed by atoms with Gasteiger partial charge in [0, 0.05) is 9.65 Å². The van der Waals surface area contributed by atoms with Gasteiger partial charge in [-0.15, -0.1) is 0 Å². The summed E-state index contributed by atoms with van der Waals surface area (Å²) in [6.45, 7) is -3.31. The molecule has 0 fully saturated rings. The van der Waals surface area contributed by atoms with Crippen LogP contribution in [-0.4, -0.2) is 25.1 Å². The van der Waals surface area contributed by atoms with Crippen LogP contribution in [-0.2, 0) is 14.3 Å². The van der Waals surface area contributed by atoms with Crippen molar-refractivity contribution in [3.63, 3.8) is 0 Å². The van der Waals surface area contributed by atoms with E-state index in [2.05, 4.69) is 32.6 Å². The predicted molar refractivity (Wildman–Crippen MR) is 101 cm³/mol. The number of esters is 1. The van der Waals surface area contributed by atoms with Crippen LogP contribution in [0, 0.1) is 3.57 Å². The summed E-state index contributed by atoms with van der Waals surface area (Å²) in [6, 6.07) is 12.9. The third-order valence-corrected chi connectivity index (χ3v) is 3.95. The minimum atomic E-state index is -2.89. The molecule has 0 heterocycles. The van der Waals surface area contributed by atoms with Crippen molar-refractivity contribution in [2.75, 3.05) is 11.9 Å². The number of halogens is 3. The third-order valence-electron chi connectivity index (χ3n) is 3.01. The fourth-order valence-corrected chi connectivity index (χ4v) is 2.38. The van der Waals surface area contributed by atoms with Crippen LogP contribution in [0.3, 0.4) is 0 Å². The lowest BCUT2D eigenvalue weighted by Crippen LogP contribution is -2.20. The Balaban J connectivity index is 1.80. The Morgan fingerprint density at radius 1 is 1.12 bits per heavy atom. The molecule has 5 nitrogen and oxygen atoms in total. The van der Waals surface area contributed by atoms with Gasteiger partial charge >= 0.3 is 12.6 Å². The number of carbonyl (C=O) groups excluding carboxylic acids is 2. The van der Waals surface area contributed by atoms with Gasteiger partial charge in [-0.2, -0.15) is 8.78 Å². The molecule has 136 valence electrons. The van der Waals surface area contributed by atoms with E-state index in [1.807, 2.05) is 12.1 Å².